The molecule has 7 heteroatoms. The highest BCUT2D eigenvalue weighted by Crippen LogP contribution is 2.28. The number of carbonyl (C=O) groups excluding carboxylic acids is 1. The minimum absolute atomic E-state index is 0.000290. The van der Waals surface area contributed by atoms with Crippen molar-refractivity contribution in [3.63, 3.8) is 0 Å². The molecule has 3 rings (SSSR count). The number of amides is 1. The van der Waals surface area contributed by atoms with E-state index in [0.717, 1.165) is 18.4 Å². The number of likely N-dealkylation sites (tertiary alicyclic amines) is 1. The number of piperidine rings is 1. The Morgan fingerprint density at radius 3 is 2.72 bits per heavy atom. The minimum atomic E-state index is -0.000290. The van der Waals surface area contributed by atoms with Gasteiger partial charge in [0.25, 0.3) is 5.91 Å². The van der Waals surface area contributed by atoms with Gasteiger partial charge < -0.3 is 14.4 Å². The Labute approximate surface area is 171 Å². The fraction of sp³-hybridized carbons (Fsp3) is 0.409. The Bertz CT molecular complexity index is 831. The second kappa shape index (κ2) is 9.91. The smallest absolute Gasteiger partial charge is 0.260 e. The summed E-state index contributed by atoms with van der Waals surface area (Å²) in [5.41, 5.74) is 3.70. The number of methoxy groups -OCH3 is 1. The van der Waals surface area contributed by atoms with E-state index < -0.39 is 0 Å². The molecule has 7 nitrogen and oxygen atoms in total. The molecule has 29 heavy (non-hydrogen) atoms. The molecule has 1 amide bonds. The second-order valence-corrected chi connectivity index (χ2v) is 7.21. The fourth-order valence-corrected chi connectivity index (χ4v) is 3.61. The zero-order valence-electron chi connectivity index (χ0n) is 17.2. The van der Waals surface area contributed by atoms with Gasteiger partial charge in [0.15, 0.2) is 18.1 Å². The molecule has 1 N–H and O–H groups in total. The Morgan fingerprint density at radius 2 is 2.03 bits per heavy atom. The quantitative estimate of drug-likeness (QED) is 0.570. The number of carbonyl (C=O) groups is 1. The first-order valence-electron chi connectivity index (χ1n) is 9.90. The molecule has 1 aromatic heterocycles. The van der Waals surface area contributed by atoms with E-state index >= 15 is 0 Å². The Kier molecular flexibility index (Phi) is 7.05. The van der Waals surface area contributed by atoms with Crippen molar-refractivity contribution >= 4 is 17.9 Å². The van der Waals surface area contributed by atoms with Gasteiger partial charge in [-0.05, 0) is 69.0 Å². The number of rotatable bonds is 7. The van der Waals surface area contributed by atoms with Gasteiger partial charge in [0.05, 0.1) is 13.3 Å². The standard InChI is InChI=1S/C22H28N4O3/c1-16-7-6-8-17(2)26(16)22(27)15-29-19-11-10-18(13-20(19)28-3)14-24-25-21-9-4-5-12-23-21/h4-5,9-14,16-17H,6-8,15H2,1-3H3,(H,23,25)/b24-14-/t16-,17-/m0/s1. The number of hydrogen-bond donors (Lipinski definition) is 1. The maximum absolute atomic E-state index is 12.7. The fourth-order valence-electron chi connectivity index (χ4n) is 3.61. The number of aromatic nitrogens is 1. The first-order chi connectivity index (χ1) is 14.1. The van der Waals surface area contributed by atoms with Gasteiger partial charge in [0, 0.05) is 18.3 Å². The van der Waals surface area contributed by atoms with E-state index in [4.69, 9.17) is 9.47 Å². The van der Waals surface area contributed by atoms with Gasteiger partial charge >= 0.3 is 0 Å². The molecule has 1 aliphatic rings. The van der Waals surface area contributed by atoms with Crippen LogP contribution < -0.4 is 14.9 Å². The van der Waals surface area contributed by atoms with E-state index in [2.05, 4.69) is 29.4 Å². The van der Waals surface area contributed by atoms with E-state index in [-0.39, 0.29) is 24.6 Å². The number of anilines is 1. The highest BCUT2D eigenvalue weighted by Gasteiger charge is 2.29. The van der Waals surface area contributed by atoms with E-state index in [1.165, 1.54) is 6.42 Å². The van der Waals surface area contributed by atoms with E-state index in [9.17, 15) is 4.79 Å². The summed E-state index contributed by atoms with van der Waals surface area (Å²) in [7, 11) is 1.58. The molecule has 0 radical (unpaired) electrons. The van der Waals surface area contributed by atoms with Crippen LogP contribution in [0.4, 0.5) is 5.82 Å². The first-order valence-corrected chi connectivity index (χ1v) is 9.90. The lowest BCUT2D eigenvalue weighted by molar-refractivity contribution is -0.139. The largest absolute Gasteiger partial charge is 0.493 e. The highest BCUT2D eigenvalue weighted by atomic mass is 16.5. The molecule has 2 aromatic rings. The molecule has 1 saturated heterocycles. The van der Waals surface area contributed by atoms with Gasteiger partial charge in [0.1, 0.15) is 5.82 Å². The molecular formula is C22H28N4O3. The number of pyridine rings is 1. The summed E-state index contributed by atoms with van der Waals surface area (Å²) in [6, 6.07) is 11.5. The number of ether oxygens (including phenoxy) is 2. The van der Waals surface area contributed by atoms with Crippen LogP contribution in [-0.2, 0) is 4.79 Å². The van der Waals surface area contributed by atoms with Crippen molar-refractivity contribution in [2.24, 2.45) is 5.10 Å². The molecule has 1 aromatic carbocycles. The summed E-state index contributed by atoms with van der Waals surface area (Å²) in [5.74, 6) is 1.76. The van der Waals surface area contributed by atoms with Gasteiger partial charge in [-0.2, -0.15) is 5.10 Å². The van der Waals surface area contributed by atoms with Crippen molar-refractivity contribution in [1.29, 1.82) is 0 Å². The predicted molar refractivity (Wildman–Crippen MR) is 114 cm³/mol. The lowest BCUT2D eigenvalue weighted by Crippen LogP contribution is -2.49. The van der Waals surface area contributed by atoms with Crippen molar-refractivity contribution in [3.8, 4) is 11.5 Å². The maximum atomic E-state index is 12.7. The van der Waals surface area contributed by atoms with E-state index in [1.54, 1.807) is 25.6 Å². The van der Waals surface area contributed by atoms with Crippen molar-refractivity contribution in [1.82, 2.24) is 9.88 Å². The lowest BCUT2D eigenvalue weighted by atomic mass is 9.97. The zero-order chi connectivity index (χ0) is 20.6. The lowest BCUT2D eigenvalue weighted by Gasteiger charge is -2.39. The number of nitrogens with zero attached hydrogens (tertiary/aromatic N) is 3. The third-order valence-electron chi connectivity index (χ3n) is 5.08. The predicted octanol–water partition coefficient (Wildman–Crippen LogP) is 3.70. The van der Waals surface area contributed by atoms with Crippen LogP contribution in [0.1, 0.15) is 38.7 Å². The van der Waals surface area contributed by atoms with Crippen LogP contribution in [0.15, 0.2) is 47.7 Å². The molecule has 0 spiro atoms. The van der Waals surface area contributed by atoms with Crippen molar-refractivity contribution in [2.75, 3.05) is 19.1 Å². The van der Waals surface area contributed by atoms with Crippen LogP contribution in [0, 0.1) is 0 Å². The van der Waals surface area contributed by atoms with Crippen LogP contribution in [0.5, 0.6) is 11.5 Å². The highest BCUT2D eigenvalue weighted by molar-refractivity contribution is 5.82. The summed E-state index contributed by atoms with van der Waals surface area (Å²) in [6.07, 6.45) is 6.61. The molecular weight excluding hydrogens is 368 g/mol. The molecule has 0 unspecified atom stereocenters. The van der Waals surface area contributed by atoms with Crippen LogP contribution >= 0.6 is 0 Å². The van der Waals surface area contributed by atoms with Gasteiger partial charge in [-0.3, -0.25) is 10.2 Å². The molecule has 2 atom stereocenters. The molecule has 2 heterocycles. The van der Waals surface area contributed by atoms with Crippen LogP contribution in [0.2, 0.25) is 0 Å². The van der Waals surface area contributed by atoms with Crippen LogP contribution in [0.25, 0.3) is 0 Å². The molecule has 0 saturated carbocycles. The minimum Gasteiger partial charge on any atom is -0.493 e. The van der Waals surface area contributed by atoms with Crippen molar-refractivity contribution in [2.45, 2.75) is 45.2 Å². The molecule has 1 fully saturated rings. The third-order valence-corrected chi connectivity index (χ3v) is 5.08. The summed E-state index contributed by atoms with van der Waals surface area (Å²) < 4.78 is 11.2. The van der Waals surface area contributed by atoms with Crippen molar-refractivity contribution in [3.05, 3.63) is 48.2 Å². The Hall–Kier alpha value is -3.09. The summed E-state index contributed by atoms with van der Waals surface area (Å²) >= 11 is 0. The molecule has 0 bridgehead atoms. The van der Waals surface area contributed by atoms with Crippen LogP contribution in [0.3, 0.4) is 0 Å². The molecule has 0 aliphatic carbocycles. The number of benzene rings is 1. The molecule has 1 aliphatic heterocycles. The van der Waals surface area contributed by atoms with Gasteiger partial charge in [-0.25, -0.2) is 4.98 Å². The Morgan fingerprint density at radius 1 is 1.24 bits per heavy atom. The average molecular weight is 396 g/mol. The van der Waals surface area contributed by atoms with Crippen LogP contribution in [-0.4, -0.2) is 47.8 Å². The normalized spacial score (nSPS) is 19.2. The topological polar surface area (TPSA) is 76.0 Å². The van der Waals surface area contributed by atoms with E-state index in [1.807, 2.05) is 35.2 Å². The summed E-state index contributed by atoms with van der Waals surface area (Å²) in [5, 5.41) is 4.17. The SMILES string of the molecule is COc1cc(/C=N\Nc2ccccn2)ccc1OCC(=O)N1[C@@H](C)CCC[C@@H]1C. The molecule has 154 valence electrons. The van der Waals surface area contributed by atoms with Gasteiger partial charge in [-0.1, -0.05) is 6.07 Å². The monoisotopic (exact) mass is 396 g/mol. The van der Waals surface area contributed by atoms with E-state index in [0.29, 0.717) is 17.3 Å². The van der Waals surface area contributed by atoms with Gasteiger partial charge in [-0.15, -0.1) is 0 Å². The maximum Gasteiger partial charge on any atom is 0.260 e. The number of hydrogen-bond acceptors (Lipinski definition) is 6. The van der Waals surface area contributed by atoms with Crippen molar-refractivity contribution < 1.29 is 14.3 Å². The summed E-state index contributed by atoms with van der Waals surface area (Å²) in [6.45, 7) is 4.20. The first kappa shape index (κ1) is 20.6. The summed E-state index contributed by atoms with van der Waals surface area (Å²) in [4.78, 5) is 18.7. The second-order valence-electron chi connectivity index (χ2n) is 7.21. The van der Waals surface area contributed by atoms with Gasteiger partial charge in [0.2, 0.25) is 0 Å². The zero-order valence-corrected chi connectivity index (χ0v) is 17.2. The average Bonchev–Trinajstić information content (AvgIpc) is 2.73. The number of hydrazone groups is 1. The third kappa shape index (κ3) is 5.47. The Balaban J connectivity index is 1.60. The number of nitrogens with one attached hydrogen (secondary N) is 1.